The van der Waals surface area contributed by atoms with Crippen molar-refractivity contribution < 1.29 is 0 Å². The SMILES string of the molecule is CCCCCn1nc2c3ccccc3[nH]nc-2c1=O. The van der Waals surface area contributed by atoms with Gasteiger partial charge in [-0.2, -0.15) is 10.2 Å². The van der Waals surface area contributed by atoms with Gasteiger partial charge >= 0.3 is 0 Å². The summed E-state index contributed by atoms with van der Waals surface area (Å²) in [6.45, 7) is 2.80. The Morgan fingerprint density at radius 2 is 2.05 bits per heavy atom. The Labute approximate surface area is 110 Å². The van der Waals surface area contributed by atoms with Gasteiger partial charge in [-0.25, -0.2) is 4.68 Å². The van der Waals surface area contributed by atoms with Crippen molar-refractivity contribution in [2.75, 3.05) is 0 Å². The van der Waals surface area contributed by atoms with Gasteiger partial charge in [0, 0.05) is 11.9 Å². The highest BCUT2D eigenvalue weighted by Gasteiger charge is 2.19. The van der Waals surface area contributed by atoms with Crippen LogP contribution in [-0.4, -0.2) is 20.0 Å². The standard InChI is InChI=1S/C14H16N4O/c1-2-3-6-9-18-14(19)13-12(17-18)10-7-4-5-8-11(10)15-16-13/h4-5,7-8,15H,2-3,6,9H2,1H3. The van der Waals surface area contributed by atoms with Crippen molar-refractivity contribution in [2.24, 2.45) is 0 Å². The lowest BCUT2D eigenvalue weighted by molar-refractivity contribution is 0.543. The number of para-hydroxylation sites is 1. The van der Waals surface area contributed by atoms with Gasteiger partial charge in [0.2, 0.25) is 0 Å². The molecular weight excluding hydrogens is 240 g/mol. The fourth-order valence-electron chi connectivity index (χ4n) is 2.29. The number of unbranched alkanes of at least 4 members (excludes halogenated alkanes) is 2. The molecule has 0 fully saturated rings. The summed E-state index contributed by atoms with van der Waals surface area (Å²) in [7, 11) is 0. The first-order valence-electron chi connectivity index (χ1n) is 6.65. The third kappa shape index (κ3) is 2.01. The highest BCUT2D eigenvalue weighted by Crippen LogP contribution is 2.22. The molecule has 0 radical (unpaired) electrons. The van der Waals surface area contributed by atoms with E-state index in [-0.39, 0.29) is 5.56 Å². The first kappa shape index (κ1) is 11.9. The van der Waals surface area contributed by atoms with E-state index in [1.54, 1.807) is 0 Å². The Balaban J connectivity index is 2.11. The second kappa shape index (κ2) is 4.84. The molecule has 0 bridgehead atoms. The molecule has 0 atom stereocenters. The number of nitrogens with zero attached hydrogens (tertiary/aromatic N) is 3. The molecule has 0 spiro atoms. The van der Waals surface area contributed by atoms with Gasteiger partial charge in [-0.1, -0.05) is 38.0 Å². The molecule has 0 saturated carbocycles. The van der Waals surface area contributed by atoms with Gasteiger partial charge in [0.25, 0.3) is 5.56 Å². The largest absolute Gasteiger partial charge is 0.296 e. The van der Waals surface area contributed by atoms with Crippen molar-refractivity contribution in [3.8, 4) is 11.4 Å². The van der Waals surface area contributed by atoms with E-state index < -0.39 is 0 Å². The predicted molar refractivity (Wildman–Crippen MR) is 74.3 cm³/mol. The Kier molecular flexibility index (Phi) is 3.03. The summed E-state index contributed by atoms with van der Waals surface area (Å²) in [5, 5.41) is 12.4. The first-order valence-corrected chi connectivity index (χ1v) is 6.65. The number of benzene rings is 1. The summed E-state index contributed by atoms with van der Waals surface area (Å²) in [4.78, 5) is 12.2. The molecular formula is C14H16N4O. The molecule has 0 unspecified atom stereocenters. The molecule has 2 heterocycles. The maximum absolute atomic E-state index is 12.2. The van der Waals surface area contributed by atoms with Gasteiger partial charge in [0.05, 0.1) is 5.52 Å². The fraction of sp³-hybridized carbons (Fsp3) is 0.357. The number of aromatic nitrogens is 4. The molecule has 2 aliphatic heterocycles. The topological polar surface area (TPSA) is 63.6 Å². The van der Waals surface area contributed by atoms with Crippen LogP contribution in [-0.2, 0) is 6.54 Å². The molecule has 98 valence electrons. The normalized spacial score (nSPS) is 11.4. The summed E-state index contributed by atoms with van der Waals surface area (Å²) in [6.07, 6.45) is 3.21. The van der Waals surface area contributed by atoms with Crippen LogP contribution in [0.25, 0.3) is 22.3 Å². The monoisotopic (exact) mass is 256 g/mol. The zero-order valence-electron chi connectivity index (χ0n) is 10.9. The van der Waals surface area contributed by atoms with Crippen LogP contribution >= 0.6 is 0 Å². The average Bonchev–Trinajstić information content (AvgIpc) is 2.77. The number of H-pyrrole nitrogens is 1. The second-order valence-corrected chi connectivity index (χ2v) is 4.70. The van der Waals surface area contributed by atoms with Gasteiger partial charge in [-0.15, -0.1) is 0 Å². The number of aryl methyl sites for hydroxylation is 1. The van der Waals surface area contributed by atoms with E-state index in [1.807, 2.05) is 24.3 Å². The molecule has 2 aliphatic rings. The summed E-state index contributed by atoms with van der Waals surface area (Å²) in [6, 6.07) is 7.76. The zero-order valence-corrected chi connectivity index (χ0v) is 10.9. The minimum absolute atomic E-state index is 0.104. The molecule has 19 heavy (non-hydrogen) atoms. The lowest BCUT2D eigenvalue weighted by Gasteiger charge is -2.00. The van der Waals surface area contributed by atoms with E-state index in [2.05, 4.69) is 22.2 Å². The molecule has 0 amide bonds. The third-order valence-electron chi connectivity index (χ3n) is 3.33. The molecule has 5 nitrogen and oxygen atoms in total. The van der Waals surface area contributed by atoms with Gasteiger partial charge in [0.1, 0.15) is 5.69 Å². The maximum atomic E-state index is 12.2. The van der Waals surface area contributed by atoms with E-state index in [0.29, 0.717) is 17.9 Å². The molecule has 0 aliphatic carbocycles. The predicted octanol–water partition coefficient (Wildman–Crippen LogP) is 2.41. The minimum atomic E-state index is -0.104. The quantitative estimate of drug-likeness (QED) is 0.729. The molecule has 3 rings (SSSR count). The zero-order chi connectivity index (χ0) is 13.2. The maximum Gasteiger partial charge on any atom is 0.296 e. The van der Waals surface area contributed by atoms with Gasteiger partial charge in [-0.05, 0) is 12.5 Å². The number of rotatable bonds is 4. The third-order valence-corrected chi connectivity index (χ3v) is 3.33. The molecule has 1 N–H and O–H groups in total. The van der Waals surface area contributed by atoms with Crippen molar-refractivity contribution in [3.63, 3.8) is 0 Å². The van der Waals surface area contributed by atoms with E-state index in [4.69, 9.17) is 0 Å². The van der Waals surface area contributed by atoms with Crippen molar-refractivity contribution in [2.45, 2.75) is 32.7 Å². The van der Waals surface area contributed by atoms with Crippen molar-refractivity contribution in [1.29, 1.82) is 0 Å². The summed E-state index contributed by atoms with van der Waals surface area (Å²) < 4.78 is 1.54. The molecule has 5 heteroatoms. The number of hydrogen-bond acceptors (Lipinski definition) is 3. The van der Waals surface area contributed by atoms with Gasteiger partial charge < -0.3 is 0 Å². The summed E-state index contributed by atoms with van der Waals surface area (Å²) in [5.74, 6) is 0. The lowest BCUT2D eigenvalue weighted by atomic mass is 10.1. The minimum Gasteiger partial charge on any atom is -0.277 e. The van der Waals surface area contributed by atoms with Crippen LogP contribution in [0.1, 0.15) is 26.2 Å². The highest BCUT2D eigenvalue weighted by atomic mass is 16.1. The fourth-order valence-corrected chi connectivity index (χ4v) is 2.29. The van der Waals surface area contributed by atoms with E-state index >= 15 is 0 Å². The van der Waals surface area contributed by atoms with Crippen molar-refractivity contribution in [1.82, 2.24) is 20.0 Å². The first-order chi connectivity index (χ1) is 9.31. The van der Waals surface area contributed by atoms with E-state index in [1.165, 1.54) is 4.68 Å². The van der Waals surface area contributed by atoms with Crippen LogP contribution in [0, 0.1) is 0 Å². The second-order valence-electron chi connectivity index (χ2n) is 4.70. The Morgan fingerprint density at radius 3 is 2.89 bits per heavy atom. The Bertz CT molecular complexity index is 728. The molecule has 0 aromatic heterocycles. The molecule has 1 aromatic carbocycles. The number of fused-ring (bicyclic) bond motifs is 3. The van der Waals surface area contributed by atoms with E-state index in [9.17, 15) is 4.79 Å². The number of aromatic amines is 1. The average molecular weight is 256 g/mol. The highest BCUT2D eigenvalue weighted by molar-refractivity contribution is 5.91. The van der Waals surface area contributed by atoms with Gasteiger partial charge in [0.15, 0.2) is 5.69 Å². The molecule has 0 saturated heterocycles. The number of hydrogen-bond donors (Lipinski definition) is 1. The summed E-state index contributed by atoms with van der Waals surface area (Å²) in [5.41, 5.74) is 1.91. The van der Waals surface area contributed by atoms with Crippen molar-refractivity contribution in [3.05, 3.63) is 34.6 Å². The Morgan fingerprint density at radius 1 is 1.21 bits per heavy atom. The van der Waals surface area contributed by atoms with E-state index in [0.717, 1.165) is 30.2 Å². The Hall–Kier alpha value is -2.17. The van der Waals surface area contributed by atoms with Crippen LogP contribution < -0.4 is 5.56 Å². The summed E-state index contributed by atoms with van der Waals surface area (Å²) >= 11 is 0. The van der Waals surface area contributed by atoms with Crippen LogP contribution in [0.2, 0.25) is 0 Å². The number of nitrogens with one attached hydrogen (secondary N) is 1. The van der Waals surface area contributed by atoms with Crippen LogP contribution in [0.3, 0.4) is 0 Å². The molecule has 1 aromatic rings. The van der Waals surface area contributed by atoms with Crippen LogP contribution in [0.15, 0.2) is 29.1 Å². The van der Waals surface area contributed by atoms with Gasteiger partial charge in [-0.3, -0.25) is 9.89 Å². The lowest BCUT2D eigenvalue weighted by Crippen LogP contribution is -2.17. The smallest absolute Gasteiger partial charge is 0.277 e. The van der Waals surface area contributed by atoms with Crippen LogP contribution in [0.4, 0.5) is 0 Å². The van der Waals surface area contributed by atoms with Crippen molar-refractivity contribution >= 4 is 10.9 Å². The van der Waals surface area contributed by atoms with Crippen LogP contribution in [0.5, 0.6) is 0 Å².